The van der Waals surface area contributed by atoms with E-state index in [0.29, 0.717) is 29.7 Å². The van der Waals surface area contributed by atoms with Crippen molar-refractivity contribution >= 4 is 5.91 Å². The van der Waals surface area contributed by atoms with Crippen LogP contribution < -0.4 is 5.32 Å². The van der Waals surface area contributed by atoms with Crippen molar-refractivity contribution < 1.29 is 4.79 Å². The molecule has 1 saturated heterocycles. The average Bonchev–Trinajstić information content (AvgIpc) is 3.03. The van der Waals surface area contributed by atoms with Gasteiger partial charge in [0.25, 0.3) is 0 Å². The maximum atomic E-state index is 12.3. The molecule has 1 atom stereocenters. The Morgan fingerprint density at radius 2 is 1.78 bits per heavy atom. The molecule has 3 heteroatoms. The maximum Gasteiger partial charge on any atom is 0.239 e. The zero-order chi connectivity index (χ0) is 13.3. The summed E-state index contributed by atoms with van der Waals surface area (Å²) >= 11 is 0. The Kier molecular flexibility index (Phi) is 4.31. The second-order valence-corrected chi connectivity index (χ2v) is 6.72. The van der Waals surface area contributed by atoms with E-state index >= 15 is 0 Å². The van der Waals surface area contributed by atoms with Crippen LogP contribution in [0.25, 0.3) is 0 Å². The van der Waals surface area contributed by atoms with E-state index in [1.165, 1.54) is 12.8 Å². The van der Waals surface area contributed by atoms with Crippen LogP contribution in [0.1, 0.15) is 47.0 Å². The number of hydrogen-bond acceptors (Lipinski definition) is 2. The number of rotatable bonds is 6. The Labute approximate surface area is 111 Å². The van der Waals surface area contributed by atoms with E-state index in [-0.39, 0.29) is 6.04 Å². The first kappa shape index (κ1) is 13.9. The summed E-state index contributed by atoms with van der Waals surface area (Å²) in [6.07, 6.45) is 3.51. The minimum absolute atomic E-state index is 0.109. The van der Waals surface area contributed by atoms with Crippen molar-refractivity contribution in [1.29, 1.82) is 0 Å². The Bertz CT molecular complexity index is 289. The zero-order valence-electron chi connectivity index (χ0n) is 12.3. The Morgan fingerprint density at radius 3 is 2.28 bits per heavy atom. The highest BCUT2D eigenvalue weighted by atomic mass is 16.2. The van der Waals surface area contributed by atoms with Crippen LogP contribution in [0.5, 0.6) is 0 Å². The summed E-state index contributed by atoms with van der Waals surface area (Å²) in [5.74, 6) is 2.25. The van der Waals surface area contributed by atoms with Crippen molar-refractivity contribution in [3.05, 3.63) is 0 Å². The topological polar surface area (TPSA) is 32.3 Å². The van der Waals surface area contributed by atoms with E-state index in [2.05, 4.69) is 37.9 Å². The number of carbonyl (C=O) groups excluding carboxylic acids is 1. The number of amides is 1. The van der Waals surface area contributed by atoms with Crippen molar-refractivity contribution in [3.63, 3.8) is 0 Å². The summed E-state index contributed by atoms with van der Waals surface area (Å²) < 4.78 is 0. The maximum absolute atomic E-state index is 12.3. The minimum atomic E-state index is 0.109. The lowest BCUT2D eigenvalue weighted by molar-refractivity contribution is -0.130. The average molecular weight is 252 g/mol. The lowest BCUT2D eigenvalue weighted by atomic mass is 9.85. The number of likely N-dealkylation sites (tertiary alicyclic amines) is 1. The van der Waals surface area contributed by atoms with Gasteiger partial charge >= 0.3 is 0 Å². The fraction of sp³-hybridized carbons (Fsp3) is 0.933. The second-order valence-electron chi connectivity index (χ2n) is 6.72. The molecule has 0 aromatic heterocycles. The molecule has 1 heterocycles. The molecule has 1 saturated carbocycles. The van der Waals surface area contributed by atoms with Crippen molar-refractivity contribution in [3.8, 4) is 0 Å². The van der Waals surface area contributed by atoms with Gasteiger partial charge in [0.2, 0.25) is 5.91 Å². The molecule has 1 unspecified atom stereocenters. The molecule has 2 aliphatic rings. The van der Waals surface area contributed by atoms with Crippen molar-refractivity contribution in [1.82, 2.24) is 10.2 Å². The van der Waals surface area contributed by atoms with E-state index in [1.54, 1.807) is 0 Å². The zero-order valence-corrected chi connectivity index (χ0v) is 12.3. The summed E-state index contributed by atoms with van der Waals surface area (Å²) in [6, 6.07) is 0.738. The Balaban J connectivity index is 1.87. The van der Waals surface area contributed by atoms with Crippen LogP contribution in [-0.4, -0.2) is 36.0 Å². The van der Waals surface area contributed by atoms with Crippen LogP contribution in [0.3, 0.4) is 0 Å². The number of nitrogens with zero attached hydrogens (tertiary/aromatic N) is 1. The van der Waals surface area contributed by atoms with E-state index in [9.17, 15) is 4.79 Å². The fourth-order valence-electron chi connectivity index (χ4n) is 3.06. The molecule has 2 rings (SSSR count). The molecule has 2 fully saturated rings. The second kappa shape index (κ2) is 5.60. The molecule has 104 valence electrons. The third-order valence-corrected chi connectivity index (χ3v) is 4.46. The van der Waals surface area contributed by atoms with Crippen LogP contribution in [-0.2, 0) is 4.79 Å². The monoisotopic (exact) mass is 252 g/mol. The largest absolute Gasteiger partial charge is 0.341 e. The van der Waals surface area contributed by atoms with Crippen LogP contribution in [0.15, 0.2) is 0 Å². The van der Waals surface area contributed by atoms with E-state index in [1.807, 2.05) is 0 Å². The molecule has 1 aliphatic heterocycles. The molecule has 1 aliphatic carbocycles. The highest BCUT2D eigenvalue weighted by Crippen LogP contribution is 2.26. The van der Waals surface area contributed by atoms with Gasteiger partial charge in [0.05, 0.1) is 6.04 Å². The Morgan fingerprint density at radius 1 is 1.17 bits per heavy atom. The van der Waals surface area contributed by atoms with Gasteiger partial charge in [-0.15, -0.1) is 0 Å². The quantitative estimate of drug-likeness (QED) is 0.786. The molecule has 0 radical (unpaired) electrons. The van der Waals surface area contributed by atoms with Gasteiger partial charge in [-0.25, -0.2) is 0 Å². The molecular weight excluding hydrogens is 224 g/mol. The van der Waals surface area contributed by atoms with Gasteiger partial charge in [-0.2, -0.15) is 0 Å². The van der Waals surface area contributed by atoms with Crippen LogP contribution in [0.2, 0.25) is 0 Å². The summed E-state index contributed by atoms with van der Waals surface area (Å²) in [4.78, 5) is 14.4. The molecular formula is C15H28N2O. The van der Waals surface area contributed by atoms with Gasteiger partial charge in [0.1, 0.15) is 0 Å². The molecule has 0 bridgehead atoms. The van der Waals surface area contributed by atoms with Crippen molar-refractivity contribution in [2.45, 2.75) is 59.0 Å². The molecule has 0 spiro atoms. The van der Waals surface area contributed by atoms with Crippen LogP contribution in [0, 0.1) is 17.8 Å². The molecule has 0 aromatic rings. The van der Waals surface area contributed by atoms with Gasteiger partial charge in [-0.05, 0) is 37.0 Å². The summed E-state index contributed by atoms with van der Waals surface area (Å²) in [5.41, 5.74) is 0. The van der Waals surface area contributed by atoms with Gasteiger partial charge in [-0.3, -0.25) is 4.79 Å². The number of hydrogen-bond donors (Lipinski definition) is 1. The Hall–Kier alpha value is -0.570. The van der Waals surface area contributed by atoms with Crippen molar-refractivity contribution in [2.75, 3.05) is 13.1 Å². The summed E-state index contributed by atoms with van der Waals surface area (Å²) in [6.45, 7) is 11.0. The summed E-state index contributed by atoms with van der Waals surface area (Å²) in [5, 5.41) is 3.47. The lowest BCUT2D eigenvalue weighted by Crippen LogP contribution is -2.42. The molecule has 0 aromatic carbocycles. The molecule has 18 heavy (non-hydrogen) atoms. The van der Waals surface area contributed by atoms with Crippen LogP contribution in [0.4, 0.5) is 0 Å². The molecule has 3 nitrogen and oxygen atoms in total. The fourth-order valence-corrected chi connectivity index (χ4v) is 3.06. The predicted molar refractivity (Wildman–Crippen MR) is 74.3 cm³/mol. The minimum Gasteiger partial charge on any atom is -0.341 e. The van der Waals surface area contributed by atoms with Gasteiger partial charge in [0, 0.05) is 19.1 Å². The molecule has 1 N–H and O–H groups in total. The van der Waals surface area contributed by atoms with E-state index < -0.39 is 0 Å². The summed E-state index contributed by atoms with van der Waals surface area (Å²) in [7, 11) is 0. The number of nitrogens with one attached hydrogen (secondary N) is 1. The third-order valence-electron chi connectivity index (χ3n) is 4.46. The highest BCUT2D eigenvalue weighted by molar-refractivity contribution is 5.84. The first-order valence-electron chi connectivity index (χ1n) is 7.54. The smallest absolute Gasteiger partial charge is 0.239 e. The SMILES string of the molecule is CC(C)C(CN1CCC(NC2CC2)C1=O)C(C)C. The standard InChI is InChI=1S/C15H28N2O/c1-10(2)13(11(3)4)9-17-8-7-14(15(17)18)16-12-5-6-12/h10-14,16H,5-9H2,1-4H3. The van der Waals surface area contributed by atoms with Gasteiger partial charge in [-0.1, -0.05) is 27.7 Å². The third kappa shape index (κ3) is 3.25. The molecule has 1 amide bonds. The van der Waals surface area contributed by atoms with Gasteiger partial charge in [0.15, 0.2) is 0 Å². The van der Waals surface area contributed by atoms with E-state index in [0.717, 1.165) is 19.5 Å². The first-order valence-corrected chi connectivity index (χ1v) is 7.54. The first-order chi connectivity index (χ1) is 8.49. The van der Waals surface area contributed by atoms with E-state index in [4.69, 9.17) is 0 Å². The van der Waals surface area contributed by atoms with Crippen LogP contribution >= 0.6 is 0 Å². The number of carbonyl (C=O) groups is 1. The van der Waals surface area contributed by atoms with Gasteiger partial charge < -0.3 is 10.2 Å². The highest BCUT2D eigenvalue weighted by Gasteiger charge is 2.36. The van der Waals surface area contributed by atoms with Crippen molar-refractivity contribution in [2.24, 2.45) is 17.8 Å². The lowest BCUT2D eigenvalue weighted by Gasteiger charge is -2.30. The predicted octanol–water partition coefficient (Wildman–Crippen LogP) is 2.27. The normalized spacial score (nSPS) is 24.9.